The number of hydrogen-bond donors (Lipinski definition) is 1. The smallest absolute Gasteiger partial charge is 0.307 e. The Morgan fingerprint density at radius 3 is 2.41 bits per heavy atom. The quantitative estimate of drug-likeness (QED) is 0.862. The van der Waals surface area contributed by atoms with Crippen LogP contribution < -0.4 is 0 Å². The first-order valence-electron chi connectivity index (χ1n) is 5.45. The number of carboxylic acid groups (broad SMARTS) is 1. The van der Waals surface area contributed by atoms with Crippen LogP contribution in [0.1, 0.15) is 30.9 Å². The Morgan fingerprint density at radius 1 is 1.35 bits per heavy atom. The van der Waals surface area contributed by atoms with Crippen molar-refractivity contribution in [3.05, 3.63) is 34.9 Å². The van der Waals surface area contributed by atoms with Gasteiger partial charge in [0.25, 0.3) is 0 Å². The first kappa shape index (κ1) is 12.0. The molecule has 0 saturated heterocycles. The van der Waals surface area contributed by atoms with Gasteiger partial charge in [-0.25, -0.2) is 8.78 Å². The van der Waals surface area contributed by atoms with E-state index in [-0.39, 0.29) is 5.56 Å². The fourth-order valence-corrected chi connectivity index (χ4v) is 2.60. The fraction of sp³-hybridized carbons (Fsp3) is 0.462. The molecule has 0 heterocycles. The van der Waals surface area contributed by atoms with E-state index < -0.39 is 34.9 Å². The zero-order chi connectivity index (χ0) is 13.0. The van der Waals surface area contributed by atoms with Gasteiger partial charge in [-0.2, -0.15) is 0 Å². The molecule has 0 spiro atoms. The molecule has 0 bridgehead atoms. The van der Waals surface area contributed by atoms with E-state index in [1.54, 1.807) is 20.8 Å². The SMILES string of the molecule is Cc1ccc(F)c([C@@H]2[C@@H](C(=O)O)C2(C)C)c1F. The van der Waals surface area contributed by atoms with E-state index in [1.807, 2.05) is 0 Å². The molecule has 0 radical (unpaired) electrons. The van der Waals surface area contributed by atoms with Crippen molar-refractivity contribution in [1.82, 2.24) is 0 Å². The summed E-state index contributed by atoms with van der Waals surface area (Å²) in [6.07, 6.45) is 0. The monoisotopic (exact) mass is 240 g/mol. The summed E-state index contributed by atoms with van der Waals surface area (Å²) >= 11 is 0. The van der Waals surface area contributed by atoms with Crippen molar-refractivity contribution in [1.29, 1.82) is 0 Å². The number of carbonyl (C=O) groups is 1. The maximum Gasteiger partial charge on any atom is 0.307 e. The largest absolute Gasteiger partial charge is 0.481 e. The third-order valence-corrected chi connectivity index (χ3v) is 3.72. The van der Waals surface area contributed by atoms with Crippen molar-refractivity contribution in [3.63, 3.8) is 0 Å². The van der Waals surface area contributed by atoms with Gasteiger partial charge >= 0.3 is 5.97 Å². The molecule has 2 atom stereocenters. The number of hydrogen-bond acceptors (Lipinski definition) is 1. The van der Waals surface area contributed by atoms with Gasteiger partial charge in [-0.15, -0.1) is 0 Å². The molecule has 0 aliphatic heterocycles. The van der Waals surface area contributed by atoms with Crippen molar-refractivity contribution >= 4 is 5.97 Å². The summed E-state index contributed by atoms with van der Waals surface area (Å²) < 4.78 is 27.6. The highest BCUT2D eigenvalue weighted by atomic mass is 19.1. The molecule has 1 aromatic carbocycles. The predicted molar refractivity (Wildman–Crippen MR) is 58.7 cm³/mol. The highest BCUT2D eigenvalue weighted by Crippen LogP contribution is 2.65. The van der Waals surface area contributed by atoms with Crippen LogP contribution in [0.2, 0.25) is 0 Å². The maximum absolute atomic E-state index is 13.9. The first-order valence-corrected chi connectivity index (χ1v) is 5.45. The zero-order valence-electron chi connectivity index (χ0n) is 9.92. The van der Waals surface area contributed by atoms with Gasteiger partial charge in [0.05, 0.1) is 5.92 Å². The summed E-state index contributed by atoms with van der Waals surface area (Å²) in [6, 6.07) is 2.56. The summed E-state index contributed by atoms with van der Waals surface area (Å²) in [5.41, 5.74) is -0.336. The highest BCUT2D eigenvalue weighted by molar-refractivity contribution is 5.77. The van der Waals surface area contributed by atoms with Crippen LogP contribution in [-0.2, 0) is 4.79 Å². The number of aliphatic carboxylic acids is 1. The van der Waals surface area contributed by atoms with Gasteiger partial charge < -0.3 is 5.11 Å². The zero-order valence-corrected chi connectivity index (χ0v) is 9.92. The Kier molecular flexibility index (Phi) is 2.49. The molecule has 0 unspecified atom stereocenters. The molecule has 2 rings (SSSR count). The Bertz CT molecular complexity index is 494. The third-order valence-electron chi connectivity index (χ3n) is 3.72. The summed E-state index contributed by atoms with van der Waals surface area (Å²) in [5, 5.41) is 9.03. The molecular formula is C13H14F2O2. The number of aryl methyl sites for hydroxylation is 1. The second-order valence-corrected chi connectivity index (χ2v) is 5.21. The van der Waals surface area contributed by atoms with Crippen LogP contribution in [0.5, 0.6) is 0 Å². The minimum absolute atomic E-state index is 0.0811. The van der Waals surface area contributed by atoms with Gasteiger partial charge in [-0.1, -0.05) is 19.9 Å². The van der Waals surface area contributed by atoms with E-state index >= 15 is 0 Å². The van der Waals surface area contributed by atoms with Crippen LogP contribution in [0.15, 0.2) is 12.1 Å². The van der Waals surface area contributed by atoms with E-state index in [0.717, 1.165) is 0 Å². The van der Waals surface area contributed by atoms with Crippen LogP contribution in [0.4, 0.5) is 8.78 Å². The molecule has 1 fully saturated rings. The van der Waals surface area contributed by atoms with Crippen molar-refractivity contribution in [2.75, 3.05) is 0 Å². The second kappa shape index (κ2) is 3.52. The van der Waals surface area contributed by atoms with Gasteiger partial charge in [-0.3, -0.25) is 4.79 Å². The standard InChI is InChI=1S/C13H14F2O2/c1-6-4-5-7(14)8(11(6)15)9-10(12(16)17)13(9,2)3/h4-5,9-10H,1-3H3,(H,16,17)/t9-,10+/m1/s1. The fourth-order valence-electron chi connectivity index (χ4n) is 2.60. The Labute approximate surface area is 98.3 Å². The third kappa shape index (κ3) is 1.63. The van der Waals surface area contributed by atoms with E-state index in [0.29, 0.717) is 5.56 Å². The molecule has 1 aliphatic carbocycles. The van der Waals surface area contributed by atoms with Crippen LogP contribution in [0.25, 0.3) is 0 Å². The average molecular weight is 240 g/mol. The Hall–Kier alpha value is -1.45. The summed E-state index contributed by atoms with van der Waals surface area (Å²) in [6.45, 7) is 4.98. The number of halogens is 2. The van der Waals surface area contributed by atoms with E-state index in [1.165, 1.54) is 12.1 Å². The van der Waals surface area contributed by atoms with Crippen molar-refractivity contribution in [2.24, 2.45) is 11.3 Å². The lowest BCUT2D eigenvalue weighted by atomic mass is 10.00. The van der Waals surface area contributed by atoms with Crippen LogP contribution in [0.3, 0.4) is 0 Å². The van der Waals surface area contributed by atoms with Crippen LogP contribution in [0, 0.1) is 29.9 Å². The van der Waals surface area contributed by atoms with Gasteiger partial charge in [0.15, 0.2) is 0 Å². The first-order chi connectivity index (χ1) is 7.78. The molecule has 1 N–H and O–H groups in total. The Balaban J connectivity index is 2.51. The molecule has 0 aromatic heterocycles. The van der Waals surface area contributed by atoms with Crippen molar-refractivity contribution < 1.29 is 18.7 Å². The summed E-state index contributed by atoms with van der Waals surface area (Å²) in [7, 11) is 0. The summed E-state index contributed by atoms with van der Waals surface area (Å²) in [5.74, 6) is -3.57. The molecule has 17 heavy (non-hydrogen) atoms. The topological polar surface area (TPSA) is 37.3 Å². The van der Waals surface area contributed by atoms with Gasteiger partial charge in [-0.05, 0) is 24.0 Å². The Morgan fingerprint density at radius 2 is 1.94 bits per heavy atom. The number of benzene rings is 1. The molecule has 1 aromatic rings. The second-order valence-electron chi connectivity index (χ2n) is 5.21. The number of carboxylic acids is 1. The molecular weight excluding hydrogens is 226 g/mol. The molecule has 1 aliphatic rings. The summed E-state index contributed by atoms with van der Waals surface area (Å²) in [4.78, 5) is 11.0. The maximum atomic E-state index is 13.9. The molecule has 92 valence electrons. The van der Waals surface area contributed by atoms with Crippen molar-refractivity contribution in [3.8, 4) is 0 Å². The average Bonchev–Trinajstić information content (AvgIpc) is 2.76. The van der Waals surface area contributed by atoms with Gasteiger partial charge in [0.1, 0.15) is 11.6 Å². The highest BCUT2D eigenvalue weighted by Gasteiger charge is 2.64. The van der Waals surface area contributed by atoms with Crippen LogP contribution in [-0.4, -0.2) is 11.1 Å². The minimum atomic E-state index is -1.000. The van der Waals surface area contributed by atoms with E-state index in [2.05, 4.69) is 0 Å². The van der Waals surface area contributed by atoms with E-state index in [9.17, 15) is 13.6 Å². The molecule has 2 nitrogen and oxygen atoms in total. The normalized spacial score (nSPS) is 25.7. The lowest BCUT2D eigenvalue weighted by Gasteiger charge is -2.08. The van der Waals surface area contributed by atoms with Crippen LogP contribution >= 0.6 is 0 Å². The molecule has 4 heteroatoms. The van der Waals surface area contributed by atoms with Gasteiger partial charge in [0.2, 0.25) is 0 Å². The van der Waals surface area contributed by atoms with Gasteiger partial charge in [0, 0.05) is 11.5 Å². The lowest BCUT2D eigenvalue weighted by molar-refractivity contribution is -0.139. The minimum Gasteiger partial charge on any atom is -0.481 e. The number of rotatable bonds is 2. The molecule has 0 amide bonds. The van der Waals surface area contributed by atoms with Crippen molar-refractivity contribution in [2.45, 2.75) is 26.7 Å². The lowest BCUT2D eigenvalue weighted by Crippen LogP contribution is -2.03. The molecule has 1 saturated carbocycles. The van der Waals surface area contributed by atoms with E-state index in [4.69, 9.17) is 5.11 Å². The predicted octanol–water partition coefficient (Wildman–Crippen LogP) is 3.10.